The topological polar surface area (TPSA) is 64.7 Å². The van der Waals surface area contributed by atoms with Crippen LogP contribution in [0, 0.1) is 19.1 Å². The Bertz CT molecular complexity index is 1880. The first kappa shape index (κ1) is 29.0. The second-order valence-corrected chi connectivity index (χ2v) is 10.1. The fourth-order valence-corrected chi connectivity index (χ4v) is 4.68. The molecule has 5 nitrogen and oxygen atoms in total. The SMILES string of the molecule is Cc1ccc2c(n1)oc1c(-c3cc(-c4ccc(C(C)C)cc4)ccn3)[c-]ccc12.[Ir].[c-]1ccccc1-c1ncccn1. The van der Waals surface area contributed by atoms with E-state index >= 15 is 0 Å². The van der Waals surface area contributed by atoms with Crippen molar-refractivity contribution in [2.24, 2.45) is 0 Å². The fourth-order valence-electron chi connectivity index (χ4n) is 4.68. The predicted molar refractivity (Wildman–Crippen MR) is 164 cm³/mol. The van der Waals surface area contributed by atoms with Crippen LogP contribution in [-0.2, 0) is 20.1 Å². The van der Waals surface area contributed by atoms with Crippen LogP contribution in [0.5, 0.6) is 0 Å². The largest absolute Gasteiger partial charge is 0.486 e. The average Bonchev–Trinajstić information content (AvgIpc) is 3.40. The summed E-state index contributed by atoms with van der Waals surface area (Å²) in [6, 6.07) is 36.7. The van der Waals surface area contributed by atoms with Gasteiger partial charge in [0.2, 0.25) is 5.71 Å². The minimum atomic E-state index is 0. The molecule has 0 spiro atoms. The number of hydrogen-bond acceptors (Lipinski definition) is 5. The smallest absolute Gasteiger partial charge is 0.216 e. The van der Waals surface area contributed by atoms with Crippen LogP contribution in [0.3, 0.4) is 0 Å². The molecule has 209 valence electrons. The summed E-state index contributed by atoms with van der Waals surface area (Å²) < 4.78 is 6.12. The fraction of sp³-hybridized carbons (Fsp3) is 0.111. The van der Waals surface area contributed by atoms with E-state index in [2.05, 4.69) is 82.3 Å². The normalized spacial score (nSPS) is 10.8. The Hall–Kier alpha value is -4.51. The molecule has 42 heavy (non-hydrogen) atoms. The summed E-state index contributed by atoms with van der Waals surface area (Å²) in [6.45, 7) is 6.38. The van der Waals surface area contributed by atoms with Crippen LogP contribution in [0.1, 0.15) is 31.0 Å². The van der Waals surface area contributed by atoms with Crippen molar-refractivity contribution in [2.75, 3.05) is 0 Å². The van der Waals surface area contributed by atoms with Gasteiger partial charge in [-0.25, -0.2) is 4.98 Å². The van der Waals surface area contributed by atoms with Gasteiger partial charge in [0.1, 0.15) is 0 Å². The third-order valence-corrected chi connectivity index (χ3v) is 6.88. The zero-order chi connectivity index (χ0) is 28.2. The average molecular weight is 725 g/mol. The Balaban J connectivity index is 0.000000228. The molecule has 0 saturated heterocycles. The molecule has 0 saturated carbocycles. The molecule has 1 radical (unpaired) electrons. The number of hydrogen-bond donors (Lipinski definition) is 0. The van der Waals surface area contributed by atoms with Gasteiger partial charge in [-0.05, 0) is 59.5 Å². The van der Waals surface area contributed by atoms with Crippen LogP contribution >= 0.6 is 0 Å². The molecule has 6 heteroatoms. The number of aryl methyl sites for hydroxylation is 1. The quantitative estimate of drug-likeness (QED) is 0.170. The maximum atomic E-state index is 6.12. The number of furan rings is 1. The summed E-state index contributed by atoms with van der Waals surface area (Å²) in [5.41, 5.74) is 8.64. The molecule has 0 aliphatic heterocycles. The first-order chi connectivity index (χ1) is 20.1. The Kier molecular flexibility index (Phi) is 8.97. The molecule has 7 rings (SSSR count). The van der Waals surface area contributed by atoms with Gasteiger partial charge in [0.05, 0.1) is 11.4 Å². The number of rotatable bonds is 4. The molecule has 4 aromatic heterocycles. The summed E-state index contributed by atoms with van der Waals surface area (Å²) in [4.78, 5) is 17.4. The maximum Gasteiger partial charge on any atom is 0.216 e. The monoisotopic (exact) mass is 725 g/mol. The van der Waals surface area contributed by atoms with Crippen molar-refractivity contribution in [3.63, 3.8) is 0 Å². The molecule has 0 atom stereocenters. The van der Waals surface area contributed by atoms with Crippen molar-refractivity contribution < 1.29 is 24.5 Å². The summed E-state index contributed by atoms with van der Waals surface area (Å²) >= 11 is 0. The van der Waals surface area contributed by atoms with Gasteiger partial charge in [-0.3, -0.25) is 9.97 Å². The summed E-state index contributed by atoms with van der Waals surface area (Å²) in [7, 11) is 0. The van der Waals surface area contributed by atoms with Crippen molar-refractivity contribution in [1.82, 2.24) is 19.9 Å². The first-order valence-corrected chi connectivity index (χ1v) is 13.6. The molecule has 0 bridgehead atoms. The Morgan fingerprint density at radius 3 is 2.26 bits per heavy atom. The van der Waals surface area contributed by atoms with Gasteiger partial charge in [-0.1, -0.05) is 55.1 Å². The molecule has 0 unspecified atom stereocenters. The molecule has 0 aliphatic rings. The molecule has 0 fully saturated rings. The maximum absolute atomic E-state index is 6.12. The van der Waals surface area contributed by atoms with Gasteiger partial charge in [0.15, 0.2) is 0 Å². The van der Waals surface area contributed by atoms with Crippen LogP contribution < -0.4 is 0 Å². The molecular formula is C36H28IrN4O-2. The molecule has 0 amide bonds. The van der Waals surface area contributed by atoms with Crippen LogP contribution in [0.25, 0.3) is 55.8 Å². The van der Waals surface area contributed by atoms with E-state index in [0.717, 1.165) is 50.3 Å². The van der Waals surface area contributed by atoms with Crippen LogP contribution in [0.2, 0.25) is 0 Å². The third-order valence-electron chi connectivity index (χ3n) is 6.88. The van der Waals surface area contributed by atoms with Crippen LogP contribution in [-0.4, -0.2) is 19.9 Å². The van der Waals surface area contributed by atoms with Crippen molar-refractivity contribution in [2.45, 2.75) is 26.7 Å². The van der Waals surface area contributed by atoms with Crippen molar-refractivity contribution in [3.05, 3.63) is 133 Å². The number of nitrogens with zero attached hydrogens (tertiary/aromatic N) is 4. The Labute approximate surface area is 259 Å². The van der Waals surface area contributed by atoms with E-state index in [9.17, 15) is 0 Å². The van der Waals surface area contributed by atoms with Crippen LogP contribution in [0.4, 0.5) is 0 Å². The van der Waals surface area contributed by atoms with Crippen molar-refractivity contribution in [3.8, 4) is 33.8 Å². The van der Waals surface area contributed by atoms with Gasteiger partial charge in [0.25, 0.3) is 0 Å². The summed E-state index contributed by atoms with van der Waals surface area (Å²) in [5.74, 6) is 1.24. The van der Waals surface area contributed by atoms with E-state index in [0.29, 0.717) is 11.6 Å². The number of benzene rings is 3. The van der Waals surface area contributed by atoms with E-state index in [1.54, 1.807) is 18.5 Å². The molecule has 4 heterocycles. The van der Waals surface area contributed by atoms with E-state index in [1.807, 2.05) is 61.7 Å². The van der Waals surface area contributed by atoms with E-state index in [-0.39, 0.29) is 20.1 Å². The zero-order valence-corrected chi connectivity index (χ0v) is 25.9. The molecule has 0 N–H and O–H groups in total. The number of aromatic nitrogens is 4. The molecular weight excluding hydrogens is 697 g/mol. The second-order valence-electron chi connectivity index (χ2n) is 10.1. The Morgan fingerprint density at radius 2 is 1.52 bits per heavy atom. The predicted octanol–water partition coefficient (Wildman–Crippen LogP) is 8.88. The summed E-state index contributed by atoms with van der Waals surface area (Å²) in [5, 5.41) is 2.05. The summed E-state index contributed by atoms with van der Waals surface area (Å²) in [6.07, 6.45) is 5.30. The molecule has 7 aromatic rings. The van der Waals surface area contributed by atoms with Gasteiger partial charge < -0.3 is 9.40 Å². The number of pyridine rings is 2. The van der Waals surface area contributed by atoms with E-state index in [1.165, 1.54) is 11.1 Å². The Morgan fingerprint density at radius 1 is 0.714 bits per heavy atom. The number of fused-ring (bicyclic) bond motifs is 3. The van der Waals surface area contributed by atoms with Gasteiger partial charge in [-0.2, -0.15) is 0 Å². The van der Waals surface area contributed by atoms with Crippen LogP contribution in [0.15, 0.2) is 114 Å². The minimum Gasteiger partial charge on any atom is -0.486 e. The van der Waals surface area contributed by atoms with Crippen molar-refractivity contribution >= 4 is 22.1 Å². The third kappa shape index (κ3) is 6.20. The standard InChI is InChI=1S/C26H21N2O.C10H7N2.Ir/c1-16(2)18-8-10-19(11-9-18)20-13-14-27-24(15-20)23-6-4-5-21-22-12-7-17(3)28-26(22)29-25(21)23;1-2-5-9(6-3-1)10-11-7-4-8-12-10;/h4-5,7-16H,1-3H3;1-5,7-8H;/q2*-1;. The van der Waals surface area contributed by atoms with Gasteiger partial charge >= 0.3 is 0 Å². The van der Waals surface area contributed by atoms with E-state index in [4.69, 9.17) is 4.42 Å². The van der Waals surface area contributed by atoms with Gasteiger partial charge in [-0.15, -0.1) is 54.1 Å². The van der Waals surface area contributed by atoms with Crippen molar-refractivity contribution in [1.29, 1.82) is 0 Å². The first-order valence-electron chi connectivity index (χ1n) is 13.6. The van der Waals surface area contributed by atoms with Gasteiger partial charge in [0, 0.05) is 49.8 Å². The molecule has 0 aliphatic carbocycles. The molecule has 3 aromatic carbocycles. The van der Waals surface area contributed by atoms with E-state index < -0.39 is 0 Å². The zero-order valence-electron chi connectivity index (χ0n) is 23.5. The minimum absolute atomic E-state index is 0. The second kappa shape index (κ2) is 13.0.